The van der Waals surface area contributed by atoms with Gasteiger partial charge in [0.15, 0.2) is 0 Å². The van der Waals surface area contributed by atoms with Crippen LogP contribution in [-0.2, 0) is 26.2 Å². The minimum Gasteiger partial charge on any atom is -0.495 e. The number of aryl methyl sites for hydroxylation is 1. The molecule has 0 aromatic heterocycles. The van der Waals surface area contributed by atoms with Gasteiger partial charge in [-0.05, 0) is 49.6 Å². The number of carbonyl (C=O) groups is 2. The van der Waals surface area contributed by atoms with Crippen molar-refractivity contribution in [3.05, 3.63) is 90.0 Å². The summed E-state index contributed by atoms with van der Waals surface area (Å²) in [6.45, 7) is 5.89. The van der Waals surface area contributed by atoms with E-state index in [1.54, 1.807) is 42.5 Å². The van der Waals surface area contributed by atoms with E-state index in [9.17, 15) is 18.0 Å². The van der Waals surface area contributed by atoms with E-state index in [0.717, 1.165) is 21.9 Å². The zero-order chi connectivity index (χ0) is 28.4. The molecule has 2 amide bonds. The quantitative estimate of drug-likeness (QED) is 0.337. The molecule has 39 heavy (non-hydrogen) atoms. The monoisotopic (exact) mass is 551 g/mol. The predicted octanol–water partition coefficient (Wildman–Crippen LogP) is 4.53. The Labute approximate surface area is 231 Å². The van der Waals surface area contributed by atoms with E-state index >= 15 is 0 Å². The number of benzene rings is 3. The number of amides is 2. The van der Waals surface area contributed by atoms with Crippen LogP contribution in [0.15, 0.2) is 83.8 Å². The SMILES string of the molecule is CCCNC(=O)[C@@H](CC)N(Cc1ccc(C)cc1)C(=O)CN(c1ccccc1OC)S(=O)(=O)c1ccccc1. The maximum absolute atomic E-state index is 14.1. The lowest BCUT2D eigenvalue weighted by Gasteiger charge is -2.33. The fraction of sp³-hybridized carbons (Fsp3) is 0.333. The lowest BCUT2D eigenvalue weighted by molar-refractivity contribution is -0.140. The van der Waals surface area contributed by atoms with Crippen molar-refractivity contribution in [3.8, 4) is 5.75 Å². The highest BCUT2D eigenvalue weighted by molar-refractivity contribution is 7.92. The van der Waals surface area contributed by atoms with Crippen LogP contribution in [0.25, 0.3) is 0 Å². The Morgan fingerprint density at radius 2 is 1.56 bits per heavy atom. The number of ether oxygens (including phenoxy) is 1. The van der Waals surface area contributed by atoms with Gasteiger partial charge in [0.25, 0.3) is 10.0 Å². The zero-order valence-electron chi connectivity index (χ0n) is 23.0. The number of para-hydroxylation sites is 2. The van der Waals surface area contributed by atoms with Gasteiger partial charge in [-0.2, -0.15) is 0 Å². The van der Waals surface area contributed by atoms with Gasteiger partial charge in [0.1, 0.15) is 18.3 Å². The fourth-order valence-corrected chi connectivity index (χ4v) is 5.69. The highest BCUT2D eigenvalue weighted by Crippen LogP contribution is 2.32. The molecule has 9 heteroatoms. The van der Waals surface area contributed by atoms with Gasteiger partial charge in [0, 0.05) is 13.1 Å². The first-order valence-corrected chi connectivity index (χ1v) is 14.5. The molecular formula is C30H37N3O5S. The Morgan fingerprint density at radius 3 is 2.18 bits per heavy atom. The fourth-order valence-electron chi connectivity index (χ4n) is 4.24. The van der Waals surface area contributed by atoms with Crippen LogP contribution in [0.2, 0.25) is 0 Å². The maximum Gasteiger partial charge on any atom is 0.264 e. The van der Waals surface area contributed by atoms with Gasteiger partial charge >= 0.3 is 0 Å². The van der Waals surface area contributed by atoms with Gasteiger partial charge < -0.3 is 15.0 Å². The third-order valence-corrected chi connectivity index (χ3v) is 8.15. The molecule has 3 rings (SSSR count). The summed E-state index contributed by atoms with van der Waals surface area (Å²) < 4.78 is 34.3. The Balaban J connectivity index is 2.07. The molecule has 0 bridgehead atoms. The molecule has 1 atom stereocenters. The number of methoxy groups -OCH3 is 1. The molecule has 3 aromatic rings. The van der Waals surface area contributed by atoms with E-state index < -0.39 is 28.5 Å². The van der Waals surface area contributed by atoms with E-state index in [-0.39, 0.29) is 23.0 Å². The van der Waals surface area contributed by atoms with Gasteiger partial charge in [-0.15, -0.1) is 0 Å². The Bertz CT molecular complexity index is 1340. The molecule has 0 saturated carbocycles. The average molecular weight is 552 g/mol. The Hall–Kier alpha value is -3.85. The van der Waals surface area contributed by atoms with Crippen molar-refractivity contribution in [2.24, 2.45) is 0 Å². The van der Waals surface area contributed by atoms with E-state index in [1.807, 2.05) is 45.0 Å². The molecule has 0 spiro atoms. The summed E-state index contributed by atoms with van der Waals surface area (Å²) in [5.41, 5.74) is 2.14. The summed E-state index contributed by atoms with van der Waals surface area (Å²) in [6, 6.07) is 21.5. The van der Waals surface area contributed by atoms with Crippen molar-refractivity contribution < 1.29 is 22.7 Å². The zero-order valence-corrected chi connectivity index (χ0v) is 23.8. The van der Waals surface area contributed by atoms with E-state index in [1.165, 1.54) is 24.1 Å². The summed E-state index contributed by atoms with van der Waals surface area (Å²) in [5.74, 6) is -0.461. The summed E-state index contributed by atoms with van der Waals surface area (Å²) in [4.78, 5) is 28.7. The second-order valence-corrected chi connectivity index (χ2v) is 11.1. The second-order valence-electron chi connectivity index (χ2n) is 9.22. The molecule has 0 radical (unpaired) electrons. The smallest absolute Gasteiger partial charge is 0.264 e. The molecule has 0 unspecified atom stereocenters. The van der Waals surface area contributed by atoms with Crippen molar-refractivity contribution in [1.82, 2.24) is 10.2 Å². The molecule has 0 aliphatic heterocycles. The van der Waals surface area contributed by atoms with Gasteiger partial charge in [-0.25, -0.2) is 8.42 Å². The number of rotatable bonds is 13. The van der Waals surface area contributed by atoms with Gasteiger partial charge in [0.2, 0.25) is 11.8 Å². The average Bonchev–Trinajstić information content (AvgIpc) is 2.95. The first-order chi connectivity index (χ1) is 18.7. The number of carbonyl (C=O) groups excluding carboxylic acids is 2. The van der Waals surface area contributed by atoms with E-state index in [2.05, 4.69) is 5.32 Å². The molecule has 0 saturated heterocycles. The summed E-state index contributed by atoms with van der Waals surface area (Å²) in [7, 11) is -2.71. The molecular weight excluding hydrogens is 514 g/mol. The Morgan fingerprint density at radius 1 is 0.923 bits per heavy atom. The van der Waals surface area contributed by atoms with Crippen LogP contribution in [0, 0.1) is 6.92 Å². The number of sulfonamides is 1. The van der Waals surface area contributed by atoms with Crippen LogP contribution >= 0.6 is 0 Å². The normalized spacial score (nSPS) is 11.9. The third-order valence-electron chi connectivity index (χ3n) is 6.37. The van der Waals surface area contributed by atoms with Gasteiger partial charge in [-0.1, -0.05) is 74.0 Å². The summed E-state index contributed by atoms with van der Waals surface area (Å²) in [6.07, 6.45) is 1.12. The van der Waals surface area contributed by atoms with Crippen LogP contribution in [0.5, 0.6) is 5.75 Å². The second kappa shape index (κ2) is 13.8. The molecule has 0 fully saturated rings. The van der Waals surface area contributed by atoms with Crippen molar-refractivity contribution in [2.45, 2.75) is 51.1 Å². The first kappa shape index (κ1) is 29.7. The lowest BCUT2D eigenvalue weighted by Crippen LogP contribution is -2.52. The van der Waals surface area contributed by atoms with Gasteiger partial charge in [-0.3, -0.25) is 13.9 Å². The first-order valence-electron chi connectivity index (χ1n) is 13.1. The number of hydrogen-bond acceptors (Lipinski definition) is 5. The van der Waals surface area contributed by atoms with Crippen LogP contribution < -0.4 is 14.4 Å². The molecule has 208 valence electrons. The third kappa shape index (κ3) is 7.38. The summed E-state index contributed by atoms with van der Waals surface area (Å²) in [5, 5.41) is 2.89. The predicted molar refractivity (Wildman–Crippen MR) is 153 cm³/mol. The molecule has 0 aliphatic rings. The largest absolute Gasteiger partial charge is 0.495 e. The number of nitrogens with one attached hydrogen (secondary N) is 1. The number of hydrogen-bond donors (Lipinski definition) is 1. The van der Waals surface area contributed by atoms with E-state index in [4.69, 9.17) is 4.74 Å². The molecule has 1 N–H and O–H groups in total. The highest BCUT2D eigenvalue weighted by Gasteiger charge is 2.34. The van der Waals surface area contributed by atoms with Crippen LogP contribution in [0.3, 0.4) is 0 Å². The van der Waals surface area contributed by atoms with Crippen LogP contribution in [-0.4, -0.2) is 51.4 Å². The lowest BCUT2D eigenvalue weighted by atomic mass is 10.1. The number of anilines is 1. The topological polar surface area (TPSA) is 96.0 Å². The van der Waals surface area contributed by atoms with Crippen molar-refractivity contribution >= 4 is 27.5 Å². The summed E-state index contributed by atoms with van der Waals surface area (Å²) >= 11 is 0. The molecule has 0 heterocycles. The molecule has 8 nitrogen and oxygen atoms in total. The molecule has 0 aliphatic carbocycles. The minimum absolute atomic E-state index is 0.0431. The van der Waals surface area contributed by atoms with Crippen LogP contribution in [0.1, 0.15) is 37.8 Å². The standard InChI is InChI=1S/C30H37N3O5S/c1-5-20-31-30(35)26(6-2)32(21-24-18-16-23(3)17-19-24)29(34)22-33(27-14-10-11-15-28(27)38-4)39(36,37)25-12-8-7-9-13-25/h7-19,26H,5-6,20-22H2,1-4H3,(H,31,35)/t26-/m1/s1. The highest BCUT2D eigenvalue weighted by atomic mass is 32.2. The maximum atomic E-state index is 14.1. The van der Waals surface area contributed by atoms with Crippen molar-refractivity contribution in [2.75, 3.05) is 24.5 Å². The number of nitrogens with zero attached hydrogens (tertiary/aromatic N) is 2. The van der Waals surface area contributed by atoms with Gasteiger partial charge in [0.05, 0.1) is 17.7 Å². The molecule has 3 aromatic carbocycles. The van der Waals surface area contributed by atoms with Crippen molar-refractivity contribution in [3.63, 3.8) is 0 Å². The van der Waals surface area contributed by atoms with E-state index in [0.29, 0.717) is 18.7 Å². The Kier molecular flexibility index (Phi) is 10.5. The minimum atomic E-state index is -4.16. The van der Waals surface area contributed by atoms with Crippen LogP contribution in [0.4, 0.5) is 5.69 Å². The van der Waals surface area contributed by atoms with Crippen molar-refractivity contribution in [1.29, 1.82) is 0 Å².